The maximum absolute atomic E-state index is 11.5. The van der Waals surface area contributed by atoms with Crippen molar-refractivity contribution >= 4 is 20.3 Å². The third-order valence-corrected chi connectivity index (χ3v) is 2.52. The molecule has 0 saturated heterocycles. The van der Waals surface area contributed by atoms with Crippen molar-refractivity contribution in [2.45, 2.75) is 13.0 Å². The second kappa shape index (κ2) is 9.28. The Labute approximate surface area is 98.3 Å². The van der Waals surface area contributed by atoms with Crippen molar-refractivity contribution in [3.63, 3.8) is 0 Å². The van der Waals surface area contributed by atoms with Gasteiger partial charge in [-0.25, -0.2) is 0 Å². The van der Waals surface area contributed by atoms with E-state index in [0.29, 0.717) is 8.73 Å². The normalized spacial score (nSPS) is 11.8. The lowest BCUT2D eigenvalue weighted by molar-refractivity contribution is -0.117. The van der Waals surface area contributed by atoms with Crippen LogP contribution in [0.15, 0.2) is 30.3 Å². The van der Waals surface area contributed by atoms with Crippen LogP contribution >= 0.6 is 8.73 Å². The highest BCUT2D eigenvalue weighted by molar-refractivity contribution is 7.34. The maximum Gasteiger partial charge on any atom is 0.241 e. The number of benzene rings is 1. The Morgan fingerprint density at radius 3 is 2.38 bits per heavy atom. The summed E-state index contributed by atoms with van der Waals surface area (Å²) in [6.45, 7) is 3.86. The van der Waals surface area contributed by atoms with Gasteiger partial charge in [-0.1, -0.05) is 26.9 Å². The van der Waals surface area contributed by atoms with E-state index in [9.17, 15) is 4.79 Å². The van der Waals surface area contributed by atoms with Gasteiger partial charge in [-0.15, -0.1) is 0 Å². The lowest BCUT2D eigenvalue weighted by Crippen LogP contribution is -2.33. The van der Waals surface area contributed by atoms with Crippen LogP contribution in [0.3, 0.4) is 0 Å². The molecule has 0 aliphatic rings. The molecule has 1 rings (SSSR count). The number of para-hydroxylation sites is 1. The molecule has 16 heavy (non-hydrogen) atoms. The number of aliphatic hydroxyl groups is 1. The molecular formula is C11H19N2O2P. The van der Waals surface area contributed by atoms with Crippen LogP contribution in [0.25, 0.3) is 0 Å². The minimum absolute atomic E-state index is 0.00514. The number of anilines is 1. The van der Waals surface area contributed by atoms with E-state index >= 15 is 0 Å². The zero-order valence-corrected chi connectivity index (χ0v) is 10.8. The predicted molar refractivity (Wildman–Crippen MR) is 70.1 cm³/mol. The second-order valence-corrected chi connectivity index (χ2v) is 3.76. The second-order valence-electron chi connectivity index (χ2n) is 2.97. The largest absolute Gasteiger partial charge is 0.400 e. The van der Waals surface area contributed by atoms with Gasteiger partial charge in [0.2, 0.25) is 5.91 Å². The molecule has 0 saturated carbocycles. The van der Waals surface area contributed by atoms with E-state index in [4.69, 9.17) is 5.11 Å². The third kappa shape index (κ3) is 5.81. The molecule has 1 aromatic carbocycles. The molecule has 4 nitrogen and oxygen atoms in total. The number of carbonyl (C=O) groups excluding carboxylic acids is 1. The fourth-order valence-electron chi connectivity index (χ4n) is 1.05. The van der Waals surface area contributed by atoms with Gasteiger partial charge >= 0.3 is 0 Å². The Morgan fingerprint density at radius 2 is 1.88 bits per heavy atom. The molecule has 0 fully saturated rings. The van der Waals surface area contributed by atoms with Crippen LogP contribution in [-0.4, -0.2) is 30.8 Å². The average molecular weight is 242 g/mol. The number of nitrogens with one attached hydrogen (secondary N) is 2. The standard InChI is InChI=1S/C10H15N2OP.CH4O/c1-8(12-14-2)10(13)11-9-6-4-3-5-7-9;1-2/h3-8,12,14H,1-2H3,(H,11,13);2H,1H3. The zero-order valence-electron chi connectivity index (χ0n) is 9.82. The van der Waals surface area contributed by atoms with E-state index in [1.165, 1.54) is 0 Å². The average Bonchev–Trinajstić information content (AvgIpc) is 2.33. The van der Waals surface area contributed by atoms with Gasteiger partial charge in [-0.3, -0.25) is 9.88 Å². The summed E-state index contributed by atoms with van der Waals surface area (Å²) < 4.78 is 0. The molecule has 1 amide bonds. The number of aliphatic hydroxyl groups excluding tert-OH is 1. The van der Waals surface area contributed by atoms with Gasteiger partial charge in [0.05, 0.1) is 6.04 Å². The molecule has 2 atom stereocenters. The van der Waals surface area contributed by atoms with Crippen molar-refractivity contribution in [1.29, 1.82) is 0 Å². The molecule has 0 aliphatic heterocycles. The summed E-state index contributed by atoms with van der Waals surface area (Å²) in [5.41, 5.74) is 0.839. The molecule has 0 spiro atoms. The number of hydrogen-bond acceptors (Lipinski definition) is 3. The maximum atomic E-state index is 11.5. The van der Waals surface area contributed by atoms with E-state index < -0.39 is 0 Å². The van der Waals surface area contributed by atoms with Gasteiger partial charge in [-0.05, 0) is 25.7 Å². The molecule has 0 radical (unpaired) electrons. The summed E-state index contributed by atoms with van der Waals surface area (Å²) in [5.74, 6) is 0.00514. The summed E-state index contributed by atoms with van der Waals surface area (Å²) in [5, 5.41) is 12.9. The molecule has 0 bridgehead atoms. The van der Waals surface area contributed by atoms with Gasteiger partial charge < -0.3 is 10.4 Å². The van der Waals surface area contributed by atoms with E-state index in [0.717, 1.165) is 12.8 Å². The van der Waals surface area contributed by atoms with Crippen molar-refractivity contribution in [2.24, 2.45) is 0 Å². The first-order valence-corrected chi connectivity index (χ1v) is 6.47. The van der Waals surface area contributed by atoms with Crippen LogP contribution < -0.4 is 10.4 Å². The first-order chi connectivity index (χ1) is 7.74. The molecule has 0 heterocycles. The van der Waals surface area contributed by atoms with Gasteiger partial charge in [0.25, 0.3) is 0 Å². The summed E-state index contributed by atoms with van der Waals surface area (Å²) in [4.78, 5) is 11.5. The number of hydrogen-bond donors (Lipinski definition) is 3. The molecular weight excluding hydrogens is 223 g/mol. The molecule has 90 valence electrons. The fourth-order valence-corrected chi connectivity index (χ4v) is 1.62. The minimum Gasteiger partial charge on any atom is -0.400 e. The molecule has 5 heteroatoms. The SMILES string of the molecule is CO.CPNC(C)C(=O)Nc1ccccc1. The highest BCUT2D eigenvalue weighted by Crippen LogP contribution is 2.06. The molecule has 3 N–H and O–H groups in total. The molecule has 1 aromatic rings. The molecule has 0 aliphatic carbocycles. The van der Waals surface area contributed by atoms with Gasteiger partial charge in [0.1, 0.15) is 0 Å². The summed E-state index contributed by atoms with van der Waals surface area (Å²) in [7, 11) is 1.58. The van der Waals surface area contributed by atoms with Crippen LogP contribution in [0, 0.1) is 0 Å². The van der Waals surface area contributed by atoms with Gasteiger partial charge in [0, 0.05) is 12.8 Å². The first kappa shape index (κ1) is 15.0. The van der Waals surface area contributed by atoms with Crippen LogP contribution in [0.1, 0.15) is 6.92 Å². The Hall–Kier alpha value is -0.960. The Morgan fingerprint density at radius 1 is 1.31 bits per heavy atom. The van der Waals surface area contributed by atoms with Crippen LogP contribution in [0.4, 0.5) is 5.69 Å². The van der Waals surface area contributed by atoms with Crippen LogP contribution in [0.2, 0.25) is 0 Å². The van der Waals surface area contributed by atoms with Crippen molar-refractivity contribution in [3.05, 3.63) is 30.3 Å². The number of carbonyl (C=O) groups is 1. The topological polar surface area (TPSA) is 61.4 Å². The fraction of sp³-hybridized carbons (Fsp3) is 0.364. The number of rotatable bonds is 4. The van der Waals surface area contributed by atoms with Crippen LogP contribution in [-0.2, 0) is 4.79 Å². The number of amides is 1. The van der Waals surface area contributed by atoms with Gasteiger partial charge in [0.15, 0.2) is 0 Å². The Bertz CT molecular complexity index is 293. The summed E-state index contributed by atoms with van der Waals surface area (Å²) in [6, 6.07) is 9.33. The highest BCUT2D eigenvalue weighted by Gasteiger charge is 2.10. The Kier molecular flexibility index (Phi) is 8.72. The predicted octanol–water partition coefficient (Wildman–Crippen LogP) is 1.43. The quantitative estimate of drug-likeness (QED) is 0.700. The van der Waals surface area contributed by atoms with E-state index in [1.54, 1.807) is 0 Å². The molecule has 2 unspecified atom stereocenters. The van der Waals surface area contributed by atoms with Crippen molar-refractivity contribution < 1.29 is 9.90 Å². The monoisotopic (exact) mass is 242 g/mol. The lowest BCUT2D eigenvalue weighted by Gasteiger charge is -2.12. The van der Waals surface area contributed by atoms with Crippen molar-refractivity contribution in [1.82, 2.24) is 5.09 Å². The summed E-state index contributed by atoms with van der Waals surface area (Å²) >= 11 is 0. The first-order valence-electron chi connectivity index (χ1n) is 4.97. The van der Waals surface area contributed by atoms with Gasteiger partial charge in [-0.2, -0.15) is 0 Å². The van der Waals surface area contributed by atoms with E-state index in [2.05, 4.69) is 10.4 Å². The third-order valence-electron chi connectivity index (χ3n) is 1.80. The lowest BCUT2D eigenvalue weighted by atomic mass is 10.3. The van der Waals surface area contributed by atoms with Crippen molar-refractivity contribution in [2.75, 3.05) is 19.1 Å². The van der Waals surface area contributed by atoms with Crippen LogP contribution in [0.5, 0.6) is 0 Å². The Balaban J connectivity index is 0.00000106. The van der Waals surface area contributed by atoms with Crippen molar-refractivity contribution in [3.8, 4) is 0 Å². The highest BCUT2D eigenvalue weighted by atomic mass is 31.1. The van der Waals surface area contributed by atoms with E-state index in [-0.39, 0.29) is 11.9 Å². The smallest absolute Gasteiger partial charge is 0.241 e. The van der Waals surface area contributed by atoms with E-state index in [1.807, 2.05) is 43.9 Å². The minimum atomic E-state index is -0.140. The zero-order chi connectivity index (χ0) is 12.4. The summed E-state index contributed by atoms with van der Waals surface area (Å²) in [6.07, 6.45) is 0. The molecule has 0 aromatic heterocycles.